The van der Waals surface area contributed by atoms with E-state index in [2.05, 4.69) is 10.2 Å². The van der Waals surface area contributed by atoms with E-state index >= 15 is 0 Å². The van der Waals surface area contributed by atoms with E-state index in [9.17, 15) is 4.39 Å². The Morgan fingerprint density at radius 1 is 1.05 bits per heavy atom. The van der Waals surface area contributed by atoms with Gasteiger partial charge in [0.1, 0.15) is 5.82 Å². The van der Waals surface area contributed by atoms with E-state index in [1.807, 2.05) is 31.2 Å². The zero-order valence-electron chi connectivity index (χ0n) is 11.0. The van der Waals surface area contributed by atoms with Crippen molar-refractivity contribution >= 4 is 5.82 Å². The highest BCUT2D eigenvalue weighted by Crippen LogP contribution is 2.35. The molecule has 0 spiro atoms. The molecule has 20 heavy (non-hydrogen) atoms. The highest BCUT2D eigenvalue weighted by Gasteiger charge is 2.17. The van der Waals surface area contributed by atoms with Crippen LogP contribution in [0.2, 0.25) is 0 Å². The van der Waals surface area contributed by atoms with E-state index in [0.717, 1.165) is 16.8 Å². The van der Waals surface area contributed by atoms with E-state index in [-0.39, 0.29) is 5.82 Å². The van der Waals surface area contributed by atoms with E-state index in [4.69, 9.17) is 5.73 Å². The van der Waals surface area contributed by atoms with Crippen LogP contribution < -0.4 is 5.73 Å². The molecule has 0 radical (unpaired) electrons. The smallest absolute Gasteiger partial charge is 0.153 e. The topological polar surface area (TPSA) is 54.7 Å². The van der Waals surface area contributed by atoms with Crippen molar-refractivity contribution in [2.45, 2.75) is 6.92 Å². The van der Waals surface area contributed by atoms with Gasteiger partial charge in [-0.05, 0) is 13.0 Å². The monoisotopic (exact) mass is 267 g/mol. The molecule has 1 aromatic heterocycles. The van der Waals surface area contributed by atoms with Gasteiger partial charge in [-0.15, -0.1) is 0 Å². The summed E-state index contributed by atoms with van der Waals surface area (Å²) in [6, 6.07) is 14.5. The van der Waals surface area contributed by atoms with Gasteiger partial charge >= 0.3 is 0 Å². The number of benzene rings is 2. The van der Waals surface area contributed by atoms with Crippen LogP contribution in [0.15, 0.2) is 48.5 Å². The van der Waals surface area contributed by atoms with Crippen molar-refractivity contribution in [1.82, 2.24) is 10.2 Å². The molecule has 0 aliphatic carbocycles. The Morgan fingerprint density at radius 3 is 2.45 bits per heavy atom. The molecule has 0 saturated carbocycles. The van der Waals surface area contributed by atoms with Crippen molar-refractivity contribution < 1.29 is 4.39 Å². The second-order valence-corrected chi connectivity index (χ2v) is 4.70. The average Bonchev–Trinajstić information content (AvgIpc) is 2.82. The fourth-order valence-corrected chi connectivity index (χ4v) is 2.22. The molecule has 2 aromatic carbocycles. The number of aromatic nitrogens is 2. The maximum absolute atomic E-state index is 14.0. The molecule has 4 heteroatoms. The summed E-state index contributed by atoms with van der Waals surface area (Å²) in [5, 5.41) is 6.91. The normalized spacial score (nSPS) is 10.7. The highest BCUT2D eigenvalue weighted by molar-refractivity contribution is 5.87. The van der Waals surface area contributed by atoms with E-state index < -0.39 is 0 Å². The lowest BCUT2D eigenvalue weighted by atomic mass is 10.00. The maximum Gasteiger partial charge on any atom is 0.153 e. The van der Waals surface area contributed by atoms with Crippen LogP contribution >= 0.6 is 0 Å². The van der Waals surface area contributed by atoms with Crippen molar-refractivity contribution in [2.75, 3.05) is 5.73 Å². The van der Waals surface area contributed by atoms with Crippen LogP contribution in [-0.4, -0.2) is 10.2 Å². The van der Waals surface area contributed by atoms with Gasteiger partial charge in [0.05, 0.1) is 11.3 Å². The fraction of sp³-hybridized carbons (Fsp3) is 0.0625. The molecule has 3 rings (SSSR count). The van der Waals surface area contributed by atoms with Crippen LogP contribution in [0, 0.1) is 12.7 Å². The van der Waals surface area contributed by atoms with Gasteiger partial charge in [-0.2, -0.15) is 5.10 Å². The fourth-order valence-electron chi connectivity index (χ4n) is 2.22. The van der Waals surface area contributed by atoms with Crippen LogP contribution in [0.3, 0.4) is 0 Å². The van der Waals surface area contributed by atoms with Crippen molar-refractivity contribution in [3.05, 3.63) is 59.9 Å². The summed E-state index contributed by atoms with van der Waals surface area (Å²) in [6.45, 7) is 2.02. The number of nitrogen functional groups attached to an aromatic ring is 1. The van der Waals surface area contributed by atoms with Crippen molar-refractivity contribution in [2.24, 2.45) is 0 Å². The number of nitrogens with zero attached hydrogens (tertiary/aromatic N) is 1. The summed E-state index contributed by atoms with van der Waals surface area (Å²) in [6.07, 6.45) is 0. The molecule has 0 fully saturated rings. The molecule has 100 valence electrons. The van der Waals surface area contributed by atoms with Crippen LogP contribution in [0.1, 0.15) is 5.56 Å². The highest BCUT2D eigenvalue weighted by atomic mass is 19.1. The number of hydrogen-bond donors (Lipinski definition) is 2. The summed E-state index contributed by atoms with van der Waals surface area (Å²) in [4.78, 5) is 0. The lowest BCUT2D eigenvalue weighted by Gasteiger charge is -2.06. The number of halogens is 1. The van der Waals surface area contributed by atoms with Crippen LogP contribution in [-0.2, 0) is 0 Å². The van der Waals surface area contributed by atoms with Crippen LogP contribution in [0.25, 0.3) is 22.4 Å². The Kier molecular flexibility index (Phi) is 2.99. The van der Waals surface area contributed by atoms with Gasteiger partial charge in [0.15, 0.2) is 5.82 Å². The molecule has 3 nitrogen and oxygen atoms in total. The first-order valence-corrected chi connectivity index (χ1v) is 6.32. The number of rotatable bonds is 2. The van der Waals surface area contributed by atoms with E-state index in [1.54, 1.807) is 18.2 Å². The zero-order chi connectivity index (χ0) is 14.1. The van der Waals surface area contributed by atoms with E-state index in [0.29, 0.717) is 16.9 Å². The van der Waals surface area contributed by atoms with Crippen molar-refractivity contribution in [1.29, 1.82) is 0 Å². The zero-order valence-corrected chi connectivity index (χ0v) is 11.0. The number of hydrogen-bond acceptors (Lipinski definition) is 2. The number of nitrogens with two attached hydrogens (primary N) is 1. The Hall–Kier alpha value is -2.62. The first-order chi connectivity index (χ1) is 9.66. The molecule has 0 bridgehead atoms. The second kappa shape index (κ2) is 4.81. The predicted octanol–water partition coefficient (Wildman–Crippen LogP) is 3.77. The number of H-pyrrole nitrogens is 1. The number of anilines is 1. The molecule has 0 amide bonds. The summed E-state index contributed by atoms with van der Waals surface area (Å²) in [5.41, 5.74) is 9.78. The van der Waals surface area contributed by atoms with Crippen molar-refractivity contribution in [3.8, 4) is 22.4 Å². The molecule has 0 atom stereocenters. The standard InChI is InChI=1S/C16H14FN3/c1-10-6-8-11(9-7-10)15-14(16(18)20-19-15)12-4-2-3-5-13(12)17/h2-9H,1H3,(H3,18,19,20). The molecule has 1 heterocycles. The third-order valence-electron chi connectivity index (χ3n) is 3.28. The third-order valence-corrected chi connectivity index (χ3v) is 3.28. The largest absolute Gasteiger partial charge is 0.382 e. The number of aromatic amines is 1. The molecule has 0 unspecified atom stereocenters. The second-order valence-electron chi connectivity index (χ2n) is 4.70. The molecule has 0 saturated heterocycles. The number of nitrogens with one attached hydrogen (secondary N) is 1. The van der Waals surface area contributed by atoms with Crippen LogP contribution in [0.4, 0.5) is 10.2 Å². The summed E-state index contributed by atoms with van der Waals surface area (Å²) in [7, 11) is 0. The minimum absolute atomic E-state index is 0.297. The predicted molar refractivity (Wildman–Crippen MR) is 78.6 cm³/mol. The first kappa shape index (κ1) is 12.4. The van der Waals surface area contributed by atoms with E-state index in [1.165, 1.54) is 6.07 Å². The summed E-state index contributed by atoms with van der Waals surface area (Å²) in [5.74, 6) is -0.0142. The van der Waals surface area contributed by atoms with Gasteiger partial charge in [-0.25, -0.2) is 4.39 Å². The molecule has 0 aliphatic heterocycles. The summed E-state index contributed by atoms with van der Waals surface area (Å²) < 4.78 is 14.0. The van der Waals surface area contributed by atoms with Gasteiger partial charge in [0, 0.05) is 11.1 Å². The Morgan fingerprint density at radius 2 is 1.75 bits per heavy atom. The third kappa shape index (κ3) is 2.05. The number of aryl methyl sites for hydroxylation is 1. The Bertz CT molecular complexity index is 745. The van der Waals surface area contributed by atoms with Gasteiger partial charge in [0.2, 0.25) is 0 Å². The van der Waals surface area contributed by atoms with Gasteiger partial charge in [-0.3, -0.25) is 5.10 Å². The van der Waals surface area contributed by atoms with Crippen molar-refractivity contribution in [3.63, 3.8) is 0 Å². The molecule has 3 aromatic rings. The Balaban J connectivity index is 2.20. The maximum atomic E-state index is 14.0. The average molecular weight is 267 g/mol. The summed E-state index contributed by atoms with van der Waals surface area (Å²) >= 11 is 0. The minimum Gasteiger partial charge on any atom is -0.382 e. The van der Waals surface area contributed by atoms with Gasteiger partial charge < -0.3 is 5.73 Å². The molecule has 0 aliphatic rings. The van der Waals surface area contributed by atoms with Crippen LogP contribution in [0.5, 0.6) is 0 Å². The Labute approximate surface area is 116 Å². The quantitative estimate of drug-likeness (QED) is 0.742. The molecular formula is C16H14FN3. The minimum atomic E-state index is -0.311. The molecular weight excluding hydrogens is 253 g/mol. The van der Waals surface area contributed by atoms with Gasteiger partial charge in [-0.1, -0.05) is 48.0 Å². The SMILES string of the molecule is Cc1ccc(-c2[nH]nc(N)c2-c2ccccc2F)cc1. The van der Waals surface area contributed by atoms with Gasteiger partial charge in [0.25, 0.3) is 0 Å². The lowest BCUT2D eigenvalue weighted by molar-refractivity contribution is 0.631. The first-order valence-electron chi connectivity index (χ1n) is 6.32. The lowest BCUT2D eigenvalue weighted by Crippen LogP contribution is -1.91. The molecule has 3 N–H and O–H groups in total.